The smallest absolute Gasteiger partial charge is 0.326 e. The maximum atomic E-state index is 11.8. The van der Waals surface area contributed by atoms with Gasteiger partial charge in [-0.05, 0) is 25.2 Å². The number of nitrogens with one attached hydrogen (secondary N) is 1. The standard InChI is InChI=1S/C12H25N5O3.C2H4O2/c1-7(2)6-9(11(19)20)17-10(18)8(13)4-3-5-16-12(14)15;1-2(3)4/h7-9H,3-6,13H2,1-2H3,(H,17,18)(H,19,20)(H4,14,15,16);1H3,(H,3,4)/t8-,9-;/m0./s1. The number of carboxylic acid groups (broad SMARTS) is 2. The van der Waals surface area contributed by atoms with Crippen molar-refractivity contribution >= 4 is 23.8 Å². The Kier molecular flexibility index (Phi) is 13.1. The molecule has 9 N–H and O–H groups in total. The third-order valence-corrected chi connectivity index (χ3v) is 2.63. The highest BCUT2D eigenvalue weighted by Gasteiger charge is 2.23. The van der Waals surface area contributed by atoms with Crippen LogP contribution in [0.1, 0.15) is 40.0 Å². The minimum absolute atomic E-state index is 0.00843. The second-order valence-electron chi connectivity index (χ2n) is 5.60. The predicted molar refractivity (Wildman–Crippen MR) is 90.2 cm³/mol. The lowest BCUT2D eigenvalue weighted by Crippen LogP contribution is -2.48. The molecule has 1 amide bonds. The maximum Gasteiger partial charge on any atom is 0.326 e. The van der Waals surface area contributed by atoms with Crippen LogP contribution in [0.4, 0.5) is 0 Å². The van der Waals surface area contributed by atoms with Crippen LogP contribution < -0.4 is 22.5 Å². The van der Waals surface area contributed by atoms with E-state index in [4.69, 9.17) is 32.2 Å². The minimum atomic E-state index is -1.06. The Morgan fingerprint density at radius 3 is 2.04 bits per heavy atom. The third-order valence-electron chi connectivity index (χ3n) is 2.63. The van der Waals surface area contributed by atoms with E-state index in [9.17, 15) is 9.59 Å². The first-order chi connectivity index (χ1) is 11.0. The molecule has 2 atom stereocenters. The molecule has 24 heavy (non-hydrogen) atoms. The summed E-state index contributed by atoms with van der Waals surface area (Å²) in [6.45, 7) is 5.24. The van der Waals surface area contributed by atoms with Gasteiger partial charge in [-0.25, -0.2) is 4.79 Å². The molecule has 0 saturated carbocycles. The first-order valence-electron chi connectivity index (χ1n) is 7.51. The van der Waals surface area contributed by atoms with Crippen LogP contribution in [-0.2, 0) is 14.4 Å². The van der Waals surface area contributed by atoms with Gasteiger partial charge in [0.1, 0.15) is 6.04 Å². The van der Waals surface area contributed by atoms with Crippen molar-refractivity contribution in [1.29, 1.82) is 0 Å². The molecular formula is C14H29N5O5. The molecule has 0 saturated heterocycles. The lowest BCUT2D eigenvalue weighted by molar-refractivity contribution is -0.142. The van der Waals surface area contributed by atoms with Gasteiger partial charge >= 0.3 is 5.97 Å². The first-order valence-corrected chi connectivity index (χ1v) is 7.51. The average molecular weight is 347 g/mol. The second-order valence-corrected chi connectivity index (χ2v) is 5.60. The Hall–Kier alpha value is -2.36. The van der Waals surface area contributed by atoms with Gasteiger partial charge in [0, 0.05) is 13.5 Å². The molecule has 0 spiro atoms. The fraction of sp³-hybridized carbons (Fsp3) is 0.714. The summed E-state index contributed by atoms with van der Waals surface area (Å²) in [5.41, 5.74) is 16.0. The van der Waals surface area contributed by atoms with Crippen LogP contribution in [0.25, 0.3) is 0 Å². The summed E-state index contributed by atoms with van der Waals surface area (Å²) in [6.07, 6.45) is 1.30. The molecule has 0 rings (SSSR count). The van der Waals surface area contributed by atoms with Gasteiger partial charge in [0.2, 0.25) is 5.91 Å². The molecule has 140 valence electrons. The highest BCUT2D eigenvalue weighted by Crippen LogP contribution is 2.06. The zero-order valence-corrected chi connectivity index (χ0v) is 14.4. The van der Waals surface area contributed by atoms with Crippen molar-refractivity contribution in [3.63, 3.8) is 0 Å². The predicted octanol–water partition coefficient (Wildman–Crippen LogP) is -0.926. The summed E-state index contributed by atoms with van der Waals surface area (Å²) < 4.78 is 0. The molecule has 0 radical (unpaired) electrons. The number of rotatable bonds is 9. The van der Waals surface area contributed by atoms with E-state index in [1.807, 2.05) is 13.8 Å². The molecule has 10 nitrogen and oxygen atoms in total. The number of hydrogen-bond donors (Lipinski definition) is 6. The van der Waals surface area contributed by atoms with Crippen molar-refractivity contribution < 1.29 is 24.6 Å². The van der Waals surface area contributed by atoms with Crippen molar-refractivity contribution in [3.05, 3.63) is 0 Å². The van der Waals surface area contributed by atoms with Crippen LogP contribution in [0, 0.1) is 5.92 Å². The Morgan fingerprint density at radius 2 is 1.67 bits per heavy atom. The molecule has 0 bridgehead atoms. The summed E-state index contributed by atoms with van der Waals surface area (Å²) >= 11 is 0. The van der Waals surface area contributed by atoms with Gasteiger partial charge in [0.15, 0.2) is 5.96 Å². The van der Waals surface area contributed by atoms with Gasteiger partial charge in [-0.2, -0.15) is 0 Å². The first kappa shape index (κ1) is 23.9. The maximum absolute atomic E-state index is 11.8. The van der Waals surface area contributed by atoms with E-state index in [1.165, 1.54) is 0 Å². The van der Waals surface area contributed by atoms with E-state index >= 15 is 0 Å². The largest absolute Gasteiger partial charge is 0.481 e. The molecular weight excluding hydrogens is 318 g/mol. The second kappa shape index (κ2) is 13.1. The van der Waals surface area contributed by atoms with Crippen molar-refractivity contribution in [2.45, 2.75) is 52.1 Å². The number of nitrogens with zero attached hydrogens (tertiary/aromatic N) is 1. The van der Waals surface area contributed by atoms with Crippen molar-refractivity contribution in [2.24, 2.45) is 28.1 Å². The van der Waals surface area contributed by atoms with Gasteiger partial charge < -0.3 is 32.7 Å². The lowest BCUT2D eigenvalue weighted by Gasteiger charge is -2.19. The Labute approximate surface area is 141 Å². The summed E-state index contributed by atoms with van der Waals surface area (Å²) in [5, 5.41) is 18.9. The van der Waals surface area contributed by atoms with Crippen LogP contribution >= 0.6 is 0 Å². The zero-order chi connectivity index (χ0) is 19.3. The normalized spacial score (nSPS) is 12.4. The molecule has 0 heterocycles. The van der Waals surface area contributed by atoms with Crippen LogP contribution in [-0.4, -0.2) is 52.6 Å². The van der Waals surface area contributed by atoms with E-state index in [2.05, 4.69) is 10.3 Å². The van der Waals surface area contributed by atoms with Gasteiger partial charge in [0.25, 0.3) is 5.97 Å². The van der Waals surface area contributed by atoms with Gasteiger partial charge in [-0.3, -0.25) is 14.6 Å². The number of guanidine groups is 1. The summed E-state index contributed by atoms with van der Waals surface area (Å²) in [4.78, 5) is 35.6. The Morgan fingerprint density at radius 1 is 1.17 bits per heavy atom. The molecule has 0 aromatic rings. The van der Waals surface area contributed by atoms with E-state index < -0.39 is 29.9 Å². The molecule has 0 aromatic heterocycles. The molecule has 0 aliphatic rings. The molecule has 0 unspecified atom stereocenters. The Balaban J connectivity index is 0. The fourth-order valence-electron chi connectivity index (χ4n) is 1.62. The molecule has 0 aliphatic heterocycles. The van der Waals surface area contributed by atoms with E-state index in [-0.39, 0.29) is 11.9 Å². The molecule has 0 fully saturated rings. The third kappa shape index (κ3) is 16.0. The molecule has 0 aromatic carbocycles. The zero-order valence-electron chi connectivity index (χ0n) is 14.4. The van der Waals surface area contributed by atoms with Crippen molar-refractivity contribution in [2.75, 3.05) is 6.54 Å². The van der Waals surface area contributed by atoms with Gasteiger partial charge in [-0.15, -0.1) is 0 Å². The highest BCUT2D eigenvalue weighted by atomic mass is 16.4. The number of carboxylic acids is 2. The number of aliphatic imine (C=N–C) groups is 1. The summed E-state index contributed by atoms with van der Waals surface area (Å²) in [7, 11) is 0. The minimum Gasteiger partial charge on any atom is -0.481 e. The number of nitrogens with two attached hydrogens (primary N) is 3. The molecule has 0 aliphatic carbocycles. The van der Waals surface area contributed by atoms with Crippen LogP contribution in [0.2, 0.25) is 0 Å². The van der Waals surface area contributed by atoms with E-state index in [1.54, 1.807) is 0 Å². The van der Waals surface area contributed by atoms with Crippen LogP contribution in [0.5, 0.6) is 0 Å². The number of carbonyl (C=O) groups is 3. The summed E-state index contributed by atoms with van der Waals surface area (Å²) in [5.74, 6) is -2.21. The van der Waals surface area contributed by atoms with Gasteiger partial charge in [0.05, 0.1) is 6.04 Å². The van der Waals surface area contributed by atoms with E-state index in [0.29, 0.717) is 25.8 Å². The van der Waals surface area contributed by atoms with Crippen LogP contribution in [0.3, 0.4) is 0 Å². The number of aliphatic carboxylic acids is 2. The van der Waals surface area contributed by atoms with Gasteiger partial charge in [-0.1, -0.05) is 13.8 Å². The summed E-state index contributed by atoms with van der Waals surface area (Å²) in [6, 6.07) is -1.68. The molecule has 10 heteroatoms. The SMILES string of the molecule is CC(=O)O.CC(C)C[C@H](NC(=O)[C@@H](N)CCCN=C(N)N)C(=O)O. The average Bonchev–Trinajstić information content (AvgIpc) is 2.40. The van der Waals surface area contributed by atoms with Crippen molar-refractivity contribution in [3.8, 4) is 0 Å². The topological polar surface area (TPSA) is 194 Å². The number of amides is 1. The number of hydrogen-bond acceptors (Lipinski definition) is 5. The quantitative estimate of drug-likeness (QED) is 0.175. The van der Waals surface area contributed by atoms with E-state index in [0.717, 1.165) is 6.92 Å². The highest BCUT2D eigenvalue weighted by molar-refractivity contribution is 5.86. The monoisotopic (exact) mass is 347 g/mol. The van der Waals surface area contributed by atoms with Crippen molar-refractivity contribution in [1.82, 2.24) is 5.32 Å². The fourth-order valence-corrected chi connectivity index (χ4v) is 1.62. The number of carbonyl (C=O) groups excluding carboxylic acids is 1. The lowest BCUT2D eigenvalue weighted by atomic mass is 10.0. The Bertz CT molecular complexity index is 431. The van der Waals surface area contributed by atoms with Crippen LogP contribution in [0.15, 0.2) is 4.99 Å².